The molecule has 3 aromatic rings. The smallest absolute Gasteiger partial charge is 0.169 e. The van der Waals surface area contributed by atoms with Gasteiger partial charge in [-0.1, -0.05) is 18.2 Å². The van der Waals surface area contributed by atoms with E-state index in [0.717, 1.165) is 10.8 Å². The molecule has 0 unspecified atom stereocenters. The fourth-order valence-corrected chi connectivity index (χ4v) is 4.52. The summed E-state index contributed by atoms with van der Waals surface area (Å²) in [6, 6.07) is 15.0. The second-order valence-corrected chi connectivity index (χ2v) is 8.01. The number of benzene rings is 1. The summed E-state index contributed by atoms with van der Waals surface area (Å²) in [5.74, 6) is 0. The van der Waals surface area contributed by atoms with E-state index in [1.807, 2.05) is 18.3 Å². The van der Waals surface area contributed by atoms with Gasteiger partial charge in [-0.3, -0.25) is 4.98 Å². The van der Waals surface area contributed by atoms with E-state index in [1.54, 1.807) is 0 Å². The van der Waals surface area contributed by atoms with E-state index in [4.69, 9.17) is 12.2 Å². The molecule has 28 heavy (non-hydrogen) atoms. The molecule has 4 rings (SSSR count). The number of rotatable bonds is 3. The number of hydrogen-bond acceptors (Lipinski definition) is 2. The van der Waals surface area contributed by atoms with Crippen molar-refractivity contribution in [3.63, 3.8) is 0 Å². The molecule has 2 aromatic heterocycles. The van der Waals surface area contributed by atoms with Gasteiger partial charge in [0.2, 0.25) is 0 Å². The third-order valence-corrected chi connectivity index (χ3v) is 6.35. The van der Waals surface area contributed by atoms with Crippen LogP contribution in [0.3, 0.4) is 0 Å². The average molecular weight is 391 g/mol. The van der Waals surface area contributed by atoms with Gasteiger partial charge in [-0.15, -0.1) is 0 Å². The quantitative estimate of drug-likeness (QED) is 0.657. The highest BCUT2D eigenvalue weighted by atomic mass is 32.1. The van der Waals surface area contributed by atoms with Gasteiger partial charge in [0.15, 0.2) is 5.11 Å². The first kappa shape index (κ1) is 18.7. The summed E-state index contributed by atoms with van der Waals surface area (Å²) < 4.78 is 2.36. The standard InChI is InChI=1S/C23H26N4S/c1-14-9-8-11-20(16(14)3)27-15(2)13-18(17(27)4)22-21(25-23(28)26(22)5)19-10-6-7-12-24-19/h6-13,21-22H,1-5H3,(H,25,28)/t21-,22+/m1/s1. The van der Waals surface area contributed by atoms with Gasteiger partial charge in [0.25, 0.3) is 0 Å². The van der Waals surface area contributed by atoms with E-state index in [9.17, 15) is 0 Å². The molecule has 1 fully saturated rings. The maximum absolute atomic E-state index is 5.59. The Bertz CT molecular complexity index is 1040. The Morgan fingerprint density at radius 1 is 1.04 bits per heavy atom. The molecule has 1 aliphatic heterocycles. The zero-order chi connectivity index (χ0) is 20.0. The maximum Gasteiger partial charge on any atom is 0.169 e. The second kappa shape index (κ2) is 7.06. The van der Waals surface area contributed by atoms with Gasteiger partial charge in [-0.2, -0.15) is 0 Å². The van der Waals surface area contributed by atoms with Crippen LogP contribution in [0.25, 0.3) is 5.69 Å². The number of aromatic nitrogens is 2. The minimum Gasteiger partial charge on any atom is -0.352 e. The van der Waals surface area contributed by atoms with E-state index in [0.29, 0.717) is 0 Å². The van der Waals surface area contributed by atoms with Crippen LogP contribution in [0.1, 0.15) is 45.9 Å². The number of hydrogen-bond donors (Lipinski definition) is 1. The van der Waals surface area contributed by atoms with Crippen LogP contribution < -0.4 is 5.32 Å². The molecule has 2 atom stereocenters. The van der Waals surface area contributed by atoms with Gasteiger partial charge in [0.05, 0.1) is 17.8 Å². The fourth-order valence-electron chi connectivity index (χ4n) is 4.28. The van der Waals surface area contributed by atoms with E-state index < -0.39 is 0 Å². The number of pyridine rings is 1. The van der Waals surface area contributed by atoms with Crippen molar-refractivity contribution in [3.8, 4) is 5.69 Å². The molecule has 3 heterocycles. The summed E-state index contributed by atoms with van der Waals surface area (Å²) in [6.45, 7) is 8.74. The lowest BCUT2D eigenvalue weighted by Crippen LogP contribution is -2.25. The van der Waals surface area contributed by atoms with E-state index in [2.05, 4.69) is 84.8 Å². The molecule has 1 aromatic carbocycles. The number of nitrogens with one attached hydrogen (secondary N) is 1. The molecule has 0 radical (unpaired) electrons. The van der Waals surface area contributed by atoms with Gasteiger partial charge in [0.1, 0.15) is 0 Å². The molecule has 0 spiro atoms. The summed E-state index contributed by atoms with van der Waals surface area (Å²) >= 11 is 5.59. The Hall–Kier alpha value is -2.66. The van der Waals surface area contributed by atoms with Crippen LogP contribution in [0.15, 0.2) is 48.7 Å². The Labute approximate surface area is 172 Å². The molecule has 1 N–H and O–H groups in total. The summed E-state index contributed by atoms with van der Waals surface area (Å²) in [4.78, 5) is 6.75. The van der Waals surface area contributed by atoms with Gasteiger partial charge in [-0.05, 0) is 80.9 Å². The first-order valence-electron chi connectivity index (χ1n) is 9.60. The van der Waals surface area contributed by atoms with Crippen LogP contribution in [0.2, 0.25) is 0 Å². The minimum absolute atomic E-state index is 0.0336. The molecule has 0 amide bonds. The van der Waals surface area contributed by atoms with Gasteiger partial charge in [-0.25, -0.2) is 0 Å². The van der Waals surface area contributed by atoms with E-state index in [-0.39, 0.29) is 12.1 Å². The van der Waals surface area contributed by atoms with Crippen molar-refractivity contribution in [3.05, 3.63) is 82.4 Å². The number of thiocarbonyl (C=S) groups is 1. The normalized spacial score (nSPS) is 19.2. The number of nitrogens with zero attached hydrogens (tertiary/aromatic N) is 3. The van der Waals surface area contributed by atoms with Crippen molar-refractivity contribution in [2.75, 3.05) is 7.05 Å². The number of likely N-dealkylation sites (N-methyl/N-ethyl adjacent to an activating group) is 1. The summed E-state index contributed by atoms with van der Waals surface area (Å²) in [6.07, 6.45) is 1.84. The van der Waals surface area contributed by atoms with Crippen molar-refractivity contribution < 1.29 is 0 Å². The monoisotopic (exact) mass is 390 g/mol. The summed E-state index contributed by atoms with van der Waals surface area (Å²) in [7, 11) is 2.06. The Morgan fingerprint density at radius 3 is 2.54 bits per heavy atom. The van der Waals surface area contributed by atoms with Crippen LogP contribution in [0.5, 0.6) is 0 Å². The van der Waals surface area contributed by atoms with Crippen LogP contribution in [0, 0.1) is 27.7 Å². The lowest BCUT2D eigenvalue weighted by Gasteiger charge is -2.24. The molecule has 0 saturated carbocycles. The third kappa shape index (κ3) is 2.90. The molecule has 1 aliphatic rings. The predicted octanol–water partition coefficient (Wildman–Crippen LogP) is 4.71. The predicted molar refractivity (Wildman–Crippen MR) is 118 cm³/mol. The minimum atomic E-state index is 0.0336. The molecule has 0 aliphatic carbocycles. The van der Waals surface area contributed by atoms with E-state index >= 15 is 0 Å². The third-order valence-electron chi connectivity index (χ3n) is 5.94. The van der Waals surface area contributed by atoms with Gasteiger partial charge < -0.3 is 14.8 Å². The van der Waals surface area contributed by atoms with Crippen molar-refractivity contribution in [1.82, 2.24) is 19.8 Å². The summed E-state index contributed by atoms with van der Waals surface area (Å²) in [5, 5.41) is 4.23. The first-order chi connectivity index (χ1) is 13.4. The SMILES string of the molecule is Cc1cccc(-n2c(C)cc([C@H]3[C@@H](c4ccccn4)NC(=S)N3C)c2C)c1C. The molecule has 144 valence electrons. The maximum atomic E-state index is 5.59. The highest BCUT2D eigenvalue weighted by molar-refractivity contribution is 7.80. The van der Waals surface area contributed by atoms with Gasteiger partial charge in [0, 0.05) is 30.3 Å². The first-order valence-corrected chi connectivity index (χ1v) is 10.0. The number of aryl methyl sites for hydroxylation is 2. The van der Waals surface area contributed by atoms with Crippen molar-refractivity contribution in [2.45, 2.75) is 39.8 Å². The van der Waals surface area contributed by atoms with Crippen molar-refractivity contribution in [2.24, 2.45) is 0 Å². The Balaban J connectivity index is 1.85. The molecular weight excluding hydrogens is 364 g/mol. The van der Waals surface area contributed by atoms with Crippen LogP contribution in [-0.2, 0) is 0 Å². The summed E-state index contributed by atoms with van der Waals surface area (Å²) in [5.41, 5.74) is 8.62. The highest BCUT2D eigenvalue weighted by Crippen LogP contribution is 2.40. The topological polar surface area (TPSA) is 33.1 Å². The second-order valence-electron chi connectivity index (χ2n) is 7.62. The van der Waals surface area contributed by atoms with Crippen LogP contribution in [-0.4, -0.2) is 26.6 Å². The molecule has 4 nitrogen and oxygen atoms in total. The molecular formula is C23H26N4S. The molecule has 5 heteroatoms. The fraction of sp³-hybridized carbons (Fsp3) is 0.304. The van der Waals surface area contributed by atoms with Crippen LogP contribution in [0.4, 0.5) is 0 Å². The lowest BCUT2D eigenvalue weighted by atomic mass is 9.97. The molecule has 0 bridgehead atoms. The Morgan fingerprint density at radius 2 is 1.82 bits per heavy atom. The zero-order valence-electron chi connectivity index (χ0n) is 17.0. The van der Waals surface area contributed by atoms with Gasteiger partial charge >= 0.3 is 0 Å². The average Bonchev–Trinajstić information content (AvgIpc) is 3.14. The van der Waals surface area contributed by atoms with Crippen molar-refractivity contribution >= 4 is 17.3 Å². The highest BCUT2D eigenvalue weighted by Gasteiger charge is 2.39. The Kier molecular flexibility index (Phi) is 4.71. The van der Waals surface area contributed by atoms with Crippen LogP contribution >= 0.6 is 12.2 Å². The molecule has 1 saturated heterocycles. The zero-order valence-corrected chi connectivity index (χ0v) is 17.8. The largest absolute Gasteiger partial charge is 0.352 e. The van der Waals surface area contributed by atoms with E-state index in [1.165, 1.54) is 33.8 Å². The van der Waals surface area contributed by atoms with Crippen molar-refractivity contribution in [1.29, 1.82) is 0 Å². The lowest BCUT2D eigenvalue weighted by molar-refractivity contribution is 0.367.